The van der Waals surface area contributed by atoms with Gasteiger partial charge in [0.05, 0.1) is 14.6 Å². The number of rotatable bonds is 4. The highest BCUT2D eigenvalue weighted by atomic mass is 79.9. The Hall–Kier alpha value is -2.61. The predicted octanol–water partition coefficient (Wildman–Crippen LogP) is 3.86. The van der Waals surface area contributed by atoms with Gasteiger partial charge in [-0.25, -0.2) is 13.8 Å². The summed E-state index contributed by atoms with van der Waals surface area (Å²) in [5.41, 5.74) is 0.636. The van der Waals surface area contributed by atoms with Crippen LogP contribution in [0.3, 0.4) is 0 Å². The lowest BCUT2D eigenvalue weighted by atomic mass is 10.2. The van der Waals surface area contributed by atoms with Crippen LogP contribution in [0.5, 0.6) is 5.75 Å². The topological polar surface area (TPSA) is 57.0 Å². The van der Waals surface area contributed by atoms with Gasteiger partial charge < -0.3 is 4.74 Å². The number of halogens is 3. The van der Waals surface area contributed by atoms with Gasteiger partial charge in [0.15, 0.2) is 5.82 Å². The van der Waals surface area contributed by atoms with Gasteiger partial charge in [-0.15, -0.1) is 0 Å². The van der Waals surface area contributed by atoms with Gasteiger partial charge in [0, 0.05) is 30.1 Å². The molecule has 3 rings (SSSR count). The first kappa shape index (κ1) is 15.6. The van der Waals surface area contributed by atoms with E-state index >= 15 is 0 Å². The zero-order chi connectivity index (χ0) is 20.6. The van der Waals surface area contributed by atoms with Crippen LogP contribution in [0.15, 0.2) is 46.1 Å². The molecule has 0 saturated carbocycles. The predicted molar refractivity (Wildman–Crippen MR) is 95.5 cm³/mol. The van der Waals surface area contributed by atoms with Crippen molar-refractivity contribution in [3.05, 3.63) is 80.2 Å². The fraction of sp³-hybridized carbons (Fsp3) is 0.167. The van der Waals surface area contributed by atoms with E-state index in [9.17, 15) is 13.6 Å². The third-order valence-corrected chi connectivity index (χ3v) is 3.98. The molecule has 0 fully saturated rings. The first-order chi connectivity index (χ1) is 13.1. The molecule has 3 heterocycles. The highest BCUT2D eigenvalue weighted by molar-refractivity contribution is 9.10. The van der Waals surface area contributed by atoms with Gasteiger partial charge in [0.25, 0.3) is 5.56 Å². The first-order valence-electron chi connectivity index (χ1n) is 8.45. The molecule has 0 atom stereocenters. The monoisotopic (exact) mass is 423 g/mol. The summed E-state index contributed by atoms with van der Waals surface area (Å²) in [5, 5.41) is 0. The average Bonchev–Trinajstić information content (AvgIpc) is 2.56. The van der Waals surface area contributed by atoms with Crippen molar-refractivity contribution in [2.24, 2.45) is 0 Å². The third-order valence-electron chi connectivity index (χ3n) is 3.55. The van der Waals surface area contributed by atoms with Crippen molar-refractivity contribution in [2.45, 2.75) is 20.4 Å². The summed E-state index contributed by atoms with van der Waals surface area (Å²) < 4.78 is 49.9. The molecule has 5 nitrogen and oxygen atoms in total. The lowest BCUT2D eigenvalue weighted by Crippen LogP contribution is -2.21. The van der Waals surface area contributed by atoms with Crippen molar-refractivity contribution < 1.29 is 16.3 Å². The molecule has 8 heteroatoms. The van der Waals surface area contributed by atoms with Crippen LogP contribution in [-0.2, 0) is 6.56 Å². The van der Waals surface area contributed by atoms with E-state index in [-0.39, 0.29) is 5.75 Å². The molecule has 0 bridgehead atoms. The maximum absolute atomic E-state index is 13.9. The zero-order valence-electron chi connectivity index (χ0n) is 15.8. The molecular weight excluding hydrogens is 408 g/mol. The summed E-state index contributed by atoms with van der Waals surface area (Å²) in [6, 6.07) is 4.71. The summed E-state index contributed by atoms with van der Waals surface area (Å²) in [5.74, 6) is -2.23. The van der Waals surface area contributed by atoms with Gasteiger partial charge in [-0.05, 0) is 41.4 Å². The second-order valence-corrected chi connectivity index (χ2v) is 6.30. The molecular formula is C18H14BrF2N3O2. The smallest absolute Gasteiger partial charge is 0.259 e. The number of pyridine rings is 3. The van der Waals surface area contributed by atoms with Crippen LogP contribution in [0.2, 0.25) is 0 Å². The van der Waals surface area contributed by atoms with Gasteiger partial charge in [-0.2, -0.15) is 0 Å². The van der Waals surface area contributed by atoms with E-state index in [0.29, 0.717) is 28.2 Å². The molecule has 0 N–H and O–H groups in total. The molecule has 134 valence electrons. The van der Waals surface area contributed by atoms with Gasteiger partial charge in [0.1, 0.15) is 28.4 Å². The number of aryl methyl sites for hydroxylation is 2. The molecule has 0 radical (unpaired) electrons. The zero-order valence-corrected chi connectivity index (χ0v) is 15.3. The van der Waals surface area contributed by atoms with Crippen molar-refractivity contribution in [1.82, 2.24) is 14.5 Å². The standard InChI is InChI=1S/C18H14BrF2N3O2/c1-10-7-23-17(19)6-16(10)24-11(2)3-13(5-18(24)25)26-9-15-14(21)4-12(20)8-22-15/h3-8H,9H2,1-2H3/i9D2. The first-order valence-corrected chi connectivity index (χ1v) is 8.24. The SMILES string of the molecule is [2H]C([2H])(Oc1cc(C)n(-c2cc(Br)ncc2C)c(=O)c1)c1ncc(F)cc1F. The van der Waals surface area contributed by atoms with E-state index in [1.807, 2.05) is 0 Å². The van der Waals surface area contributed by atoms with E-state index in [4.69, 9.17) is 7.48 Å². The van der Waals surface area contributed by atoms with Crippen LogP contribution in [0.4, 0.5) is 8.78 Å². The van der Waals surface area contributed by atoms with Crippen LogP contribution in [0.25, 0.3) is 5.69 Å². The second kappa shape index (κ2) is 7.33. The highest BCUT2D eigenvalue weighted by Gasteiger charge is 2.11. The molecule has 26 heavy (non-hydrogen) atoms. The number of hydrogen-bond acceptors (Lipinski definition) is 4. The Morgan fingerprint density at radius 1 is 1.19 bits per heavy atom. The van der Waals surface area contributed by atoms with Crippen LogP contribution in [0.1, 0.15) is 19.7 Å². The van der Waals surface area contributed by atoms with Gasteiger partial charge in [0.2, 0.25) is 0 Å². The Balaban J connectivity index is 2.01. The molecule has 0 spiro atoms. The van der Waals surface area contributed by atoms with Crippen molar-refractivity contribution in [3.63, 3.8) is 0 Å². The lowest BCUT2D eigenvalue weighted by Gasteiger charge is -2.14. The number of aromatic nitrogens is 3. The van der Waals surface area contributed by atoms with Crippen molar-refractivity contribution >= 4 is 15.9 Å². The van der Waals surface area contributed by atoms with Crippen LogP contribution >= 0.6 is 15.9 Å². The number of hydrogen-bond donors (Lipinski definition) is 0. The molecule has 0 aliphatic heterocycles. The Bertz CT molecular complexity index is 1120. The van der Waals surface area contributed by atoms with Gasteiger partial charge >= 0.3 is 0 Å². The maximum Gasteiger partial charge on any atom is 0.259 e. The number of nitrogens with zero attached hydrogens (tertiary/aromatic N) is 3. The van der Waals surface area contributed by atoms with Crippen molar-refractivity contribution in [1.29, 1.82) is 0 Å². The Morgan fingerprint density at radius 3 is 2.65 bits per heavy atom. The highest BCUT2D eigenvalue weighted by Crippen LogP contribution is 2.20. The molecule has 0 unspecified atom stereocenters. The minimum atomic E-state index is -2.71. The van der Waals surface area contributed by atoms with Crippen LogP contribution in [-0.4, -0.2) is 14.5 Å². The molecule has 0 aliphatic carbocycles. The van der Waals surface area contributed by atoms with Gasteiger partial charge in [-0.1, -0.05) is 0 Å². The van der Waals surface area contributed by atoms with E-state index < -0.39 is 29.4 Å². The normalized spacial score (nSPS) is 12.5. The van der Waals surface area contributed by atoms with E-state index in [1.54, 1.807) is 26.1 Å². The van der Waals surface area contributed by atoms with E-state index in [2.05, 4.69) is 25.9 Å². The average molecular weight is 424 g/mol. The summed E-state index contributed by atoms with van der Waals surface area (Å²) in [6.07, 6.45) is 2.30. The molecule has 3 aromatic heterocycles. The fourth-order valence-electron chi connectivity index (χ4n) is 2.37. The molecule has 0 amide bonds. The fourth-order valence-corrected chi connectivity index (χ4v) is 2.69. The molecule has 3 aromatic rings. The Kier molecular flexibility index (Phi) is 4.40. The minimum Gasteiger partial charge on any atom is -0.487 e. The largest absolute Gasteiger partial charge is 0.487 e. The van der Waals surface area contributed by atoms with Crippen molar-refractivity contribution in [2.75, 3.05) is 0 Å². The summed E-state index contributed by atoms with van der Waals surface area (Å²) >= 11 is 3.26. The summed E-state index contributed by atoms with van der Waals surface area (Å²) in [7, 11) is 0. The second-order valence-electron chi connectivity index (χ2n) is 5.49. The quantitative estimate of drug-likeness (QED) is 0.597. The number of ether oxygens (including phenoxy) is 1. The maximum atomic E-state index is 13.9. The third kappa shape index (κ3) is 3.80. The molecule has 0 saturated heterocycles. The van der Waals surface area contributed by atoms with E-state index in [0.717, 1.165) is 11.6 Å². The van der Waals surface area contributed by atoms with Crippen LogP contribution < -0.4 is 10.3 Å². The minimum absolute atomic E-state index is 0.111. The summed E-state index contributed by atoms with van der Waals surface area (Å²) in [6.45, 7) is 0.736. The molecule has 0 aliphatic rings. The van der Waals surface area contributed by atoms with Gasteiger partial charge in [-0.3, -0.25) is 14.3 Å². The van der Waals surface area contributed by atoms with Crippen molar-refractivity contribution in [3.8, 4) is 11.4 Å². The summed E-state index contributed by atoms with van der Waals surface area (Å²) in [4.78, 5) is 20.2. The molecule has 0 aromatic carbocycles. The Morgan fingerprint density at radius 2 is 1.96 bits per heavy atom. The Labute approximate surface area is 159 Å². The lowest BCUT2D eigenvalue weighted by molar-refractivity contribution is 0.292. The van der Waals surface area contributed by atoms with Crippen LogP contribution in [0, 0.1) is 25.5 Å². The van der Waals surface area contributed by atoms with E-state index in [1.165, 1.54) is 10.6 Å².